The highest BCUT2D eigenvalue weighted by Crippen LogP contribution is 2.48. The van der Waals surface area contributed by atoms with Crippen LogP contribution >= 0.6 is 0 Å². The fourth-order valence-corrected chi connectivity index (χ4v) is 5.95. The molecule has 0 aromatic heterocycles. The number of ketones is 1. The molecule has 1 saturated heterocycles. The maximum Gasteiger partial charge on any atom is 0.257 e. The lowest BCUT2D eigenvalue weighted by Gasteiger charge is -2.34. The minimum atomic E-state index is -1.47. The highest BCUT2D eigenvalue weighted by atomic mass is 16.3. The predicted molar refractivity (Wildman–Crippen MR) is 123 cm³/mol. The fraction of sp³-hybridized carbons (Fsp3) is 0.481. The average molecular weight is 433 g/mol. The second kappa shape index (κ2) is 8.45. The van der Waals surface area contributed by atoms with Gasteiger partial charge in [0, 0.05) is 30.6 Å². The molecule has 2 N–H and O–H groups in total. The van der Waals surface area contributed by atoms with E-state index in [1.165, 1.54) is 0 Å². The molecule has 2 aromatic rings. The van der Waals surface area contributed by atoms with E-state index in [1.807, 2.05) is 67.6 Å². The number of likely N-dealkylation sites (tertiary alicyclic amines) is 1. The van der Waals surface area contributed by atoms with Crippen LogP contribution in [0, 0.1) is 17.8 Å². The van der Waals surface area contributed by atoms with Crippen molar-refractivity contribution in [3.05, 3.63) is 71.8 Å². The van der Waals surface area contributed by atoms with Crippen molar-refractivity contribution >= 4 is 11.7 Å². The zero-order valence-corrected chi connectivity index (χ0v) is 18.6. The van der Waals surface area contributed by atoms with Crippen LogP contribution in [0.5, 0.6) is 0 Å². The molecule has 1 heterocycles. The maximum atomic E-state index is 13.4. The van der Waals surface area contributed by atoms with Crippen molar-refractivity contribution in [1.82, 2.24) is 10.2 Å². The van der Waals surface area contributed by atoms with Crippen molar-refractivity contribution in [2.24, 2.45) is 17.8 Å². The number of nitrogens with one attached hydrogen (secondary N) is 1. The number of benzene rings is 2. The van der Waals surface area contributed by atoms with Crippen LogP contribution < -0.4 is 5.32 Å². The molecule has 2 aliphatic carbocycles. The van der Waals surface area contributed by atoms with Gasteiger partial charge in [0.25, 0.3) is 5.91 Å². The van der Waals surface area contributed by atoms with Gasteiger partial charge in [-0.1, -0.05) is 73.5 Å². The first-order valence-electron chi connectivity index (χ1n) is 11.9. The van der Waals surface area contributed by atoms with Crippen molar-refractivity contribution < 1.29 is 14.7 Å². The molecular weight excluding hydrogens is 400 g/mol. The molecule has 1 aliphatic heterocycles. The number of rotatable bonds is 7. The van der Waals surface area contributed by atoms with Gasteiger partial charge in [-0.3, -0.25) is 14.5 Å². The van der Waals surface area contributed by atoms with E-state index < -0.39 is 5.60 Å². The largest absolute Gasteiger partial charge is 0.375 e. The van der Waals surface area contributed by atoms with Crippen molar-refractivity contribution in [2.75, 3.05) is 13.1 Å². The number of fused-ring (bicyclic) bond motifs is 1. The van der Waals surface area contributed by atoms with Gasteiger partial charge < -0.3 is 10.4 Å². The summed E-state index contributed by atoms with van der Waals surface area (Å²) in [5.74, 6) is 0.563. The Labute approximate surface area is 189 Å². The number of carbonyl (C=O) groups excluding carboxylic acids is 2. The Morgan fingerprint density at radius 2 is 1.53 bits per heavy atom. The first-order chi connectivity index (χ1) is 15.5. The number of hydrogen-bond donors (Lipinski definition) is 2. The molecule has 1 amide bonds. The average Bonchev–Trinajstić information content (AvgIpc) is 3.26. The lowest BCUT2D eigenvalue weighted by molar-refractivity contribution is -0.147. The van der Waals surface area contributed by atoms with Crippen molar-refractivity contribution in [2.45, 2.75) is 50.3 Å². The Morgan fingerprint density at radius 3 is 2.12 bits per heavy atom. The Kier molecular flexibility index (Phi) is 5.64. The standard InChI is InChI=1S/C27H32N2O3/c1-18(25(30)19-10-4-2-5-11-19)29-16-22-23(17-29)24(22)28-26(31)27(32,21-14-8-9-15-21)20-12-6-3-7-13-20/h2-7,10-13,18,21-24,32H,8-9,14-17H2,1H3,(H,28,31)/t18?,22-,23?,24+,27?/m0/s1. The molecule has 32 heavy (non-hydrogen) atoms. The van der Waals surface area contributed by atoms with E-state index in [-0.39, 0.29) is 29.7 Å². The number of hydrogen-bond acceptors (Lipinski definition) is 4. The molecule has 0 radical (unpaired) electrons. The number of piperidine rings is 1. The van der Waals surface area contributed by atoms with Gasteiger partial charge in [0.2, 0.25) is 0 Å². The lowest BCUT2D eigenvalue weighted by atomic mass is 9.79. The van der Waals surface area contributed by atoms with Crippen LogP contribution in [0.15, 0.2) is 60.7 Å². The SMILES string of the molecule is CC(C(=O)c1ccccc1)N1CC2[C@H](C1)[C@H]2NC(=O)C(O)(c1ccccc1)C1CCCC1. The van der Waals surface area contributed by atoms with E-state index in [9.17, 15) is 14.7 Å². The molecule has 0 spiro atoms. The highest BCUT2D eigenvalue weighted by molar-refractivity contribution is 5.99. The van der Waals surface area contributed by atoms with Gasteiger partial charge in [-0.05, 0) is 37.2 Å². The van der Waals surface area contributed by atoms with Crippen LogP contribution in [0.3, 0.4) is 0 Å². The van der Waals surface area contributed by atoms with Crippen LogP contribution in [0.1, 0.15) is 48.5 Å². The molecule has 2 saturated carbocycles. The van der Waals surface area contributed by atoms with Crippen molar-refractivity contribution in [1.29, 1.82) is 0 Å². The molecule has 5 rings (SSSR count). The molecule has 0 bridgehead atoms. The van der Waals surface area contributed by atoms with Gasteiger partial charge in [0.05, 0.1) is 6.04 Å². The smallest absolute Gasteiger partial charge is 0.257 e. The lowest BCUT2D eigenvalue weighted by Crippen LogP contribution is -2.51. The van der Waals surface area contributed by atoms with E-state index in [0.717, 1.165) is 44.3 Å². The number of amides is 1. The minimum Gasteiger partial charge on any atom is -0.375 e. The number of nitrogens with zero attached hydrogens (tertiary/aromatic N) is 1. The normalized spacial score (nSPS) is 28.0. The Bertz CT molecular complexity index is 961. The summed E-state index contributed by atoms with van der Waals surface area (Å²) in [4.78, 5) is 28.4. The van der Waals surface area contributed by atoms with Gasteiger partial charge in [-0.25, -0.2) is 0 Å². The Hall–Kier alpha value is -2.50. The first-order valence-corrected chi connectivity index (χ1v) is 11.9. The monoisotopic (exact) mass is 432 g/mol. The van der Waals surface area contributed by atoms with Crippen molar-refractivity contribution in [3.63, 3.8) is 0 Å². The van der Waals surface area contributed by atoms with E-state index in [4.69, 9.17) is 0 Å². The molecule has 3 fully saturated rings. The van der Waals surface area contributed by atoms with Crippen LogP contribution in [0.2, 0.25) is 0 Å². The molecular formula is C27H32N2O3. The van der Waals surface area contributed by atoms with Gasteiger partial charge in [-0.15, -0.1) is 0 Å². The van der Waals surface area contributed by atoms with Crippen LogP contribution in [-0.2, 0) is 10.4 Å². The first kappa shape index (κ1) is 21.4. The summed E-state index contributed by atoms with van der Waals surface area (Å²) in [5, 5.41) is 14.9. The Morgan fingerprint density at radius 1 is 0.969 bits per heavy atom. The summed E-state index contributed by atoms with van der Waals surface area (Å²) in [5.41, 5.74) is -0.0286. The molecule has 3 aliphatic rings. The predicted octanol–water partition coefficient (Wildman–Crippen LogP) is 3.38. The molecule has 5 nitrogen and oxygen atoms in total. The quantitative estimate of drug-likeness (QED) is 0.658. The Balaban J connectivity index is 1.23. The van der Waals surface area contributed by atoms with Crippen LogP contribution in [0.4, 0.5) is 0 Å². The summed E-state index contributed by atoms with van der Waals surface area (Å²) in [6.45, 7) is 3.59. The number of Topliss-reactive ketones (excluding diaryl/α,β-unsaturated/α-hetero) is 1. The summed E-state index contributed by atoms with van der Waals surface area (Å²) >= 11 is 0. The maximum absolute atomic E-state index is 13.4. The van der Waals surface area contributed by atoms with Crippen LogP contribution in [-0.4, -0.2) is 46.9 Å². The van der Waals surface area contributed by atoms with E-state index in [1.54, 1.807) is 0 Å². The summed E-state index contributed by atoms with van der Waals surface area (Å²) in [7, 11) is 0. The van der Waals surface area contributed by atoms with Crippen molar-refractivity contribution in [3.8, 4) is 0 Å². The summed E-state index contributed by atoms with van der Waals surface area (Å²) in [6, 6.07) is 18.8. The highest BCUT2D eigenvalue weighted by Gasteiger charge is 2.59. The topological polar surface area (TPSA) is 69.6 Å². The van der Waals surface area contributed by atoms with Crippen LogP contribution in [0.25, 0.3) is 0 Å². The van der Waals surface area contributed by atoms with Gasteiger partial charge in [0.1, 0.15) is 0 Å². The van der Waals surface area contributed by atoms with E-state index >= 15 is 0 Å². The summed E-state index contributed by atoms with van der Waals surface area (Å²) in [6.07, 6.45) is 3.88. The molecule has 3 unspecified atom stereocenters. The zero-order valence-electron chi connectivity index (χ0n) is 18.6. The van der Waals surface area contributed by atoms with Gasteiger partial charge >= 0.3 is 0 Å². The molecule has 5 atom stereocenters. The number of carbonyl (C=O) groups is 2. The van der Waals surface area contributed by atoms with Gasteiger partial charge in [-0.2, -0.15) is 0 Å². The minimum absolute atomic E-state index is 0.0384. The number of aliphatic hydroxyl groups is 1. The third-order valence-electron chi connectivity index (χ3n) is 8.01. The van der Waals surface area contributed by atoms with Gasteiger partial charge in [0.15, 0.2) is 11.4 Å². The molecule has 5 heteroatoms. The zero-order chi connectivity index (χ0) is 22.3. The third kappa shape index (κ3) is 3.67. The van der Waals surface area contributed by atoms with E-state index in [2.05, 4.69) is 10.2 Å². The second-order valence-corrected chi connectivity index (χ2v) is 9.80. The molecule has 2 aromatic carbocycles. The summed E-state index contributed by atoms with van der Waals surface area (Å²) < 4.78 is 0. The second-order valence-electron chi connectivity index (χ2n) is 9.80. The fourth-order valence-electron chi connectivity index (χ4n) is 5.95. The third-order valence-corrected chi connectivity index (χ3v) is 8.01. The molecule has 168 valence electrons. The van der Waals surface area contributed by atoms with E-state index in [0.29, 0.717) is 17.4 Å².